The van der Waals surface area contributed by atoms with Crippen LogP contribution in [0.5, 0.6) is 0 Å². The molecule has 0 aliphatic carbocycles. The van der Waals surface area contributed by atoms with Gasteiger partial charge >= 0.3 is 0 Å². The highest BCUT2D eigenvalue weighted by molar-refractivity contribution is 8.14. The van der Waals surface area contributed by atoms with E-state index in [4.69, 9.17) is 9.41 Å². The van der Waals surface area contributed by atoms with Crippen molar-refractivity contribution in [1.29, 1.82) is 0 Å². The molecule has 0 spiro atoms. The Morgan fingerprint density at radius 1 is 1.18 bits per heavy atom. The van der Waals surface area contributed by atoms with Gasteiger partial charge in [0.1, 0.15) is 0 Å². The van der Waals surface area contributed by atoms with Crippen LogP contribution in [0.1, 0.15) is 17.9 Å². The van der Waals surface area contributed by atoms with Crippen LogP contribution in [0.25, 0.3) is 11.3 Å². The van der Waals surface area contributed by atoms with Gasteiger partial charge in [0.05, 0.1) is 11.9 Å². The average Bonchev–Trinajstić information content (AvgIpc) is 3.38. The van der Waals surface area contributed by atoms with Gasteiger partial charge in [0.15, 0.2) is 16.8 Å². The number of carbonyl (C=O) groups excluding carboxylic acids is 1. The molecule has 2 heterocycles. The second-order valence-corrected chi connectivity index (χ2v) is 7.62. The van der Waals surface area contributed by atoms with E-state index in [1.165, 1.54) is 0 Å². The Morgan fingerprint density at radius 3 is 2.79 bits per heavy atom. The van der Waals surface area contributed by atoms with Crippen LogP contribution in [0.4, 0.5) is 5.69 Å². The summed E-state index contributed by atoms with van der Waals surface area (Å²) in [5, 5.41) is 0.775. The number of oxazole rings is 1. The van der Waals surface area contributed by atoms with Crippen LogP contribution >= 0.6 is 11.8 Å². The summed E-state index contributed by atoms with van der Waals surface area (Å²) in [5.41, 5.74) is 2.99. The number of carbonyl (C=O) groups is 1. The van der Waals surface area contributed by atoms with Gasteiger partial charge in [-0.05, 0) is 18.6 Å². The van der Waals surface area contributed by atoms with Gasteiger partial charge in [-0.15, -0.1) is 0 Å². The molecule has 1 aromatic heterocycles. The molecule has 0 atom stereocenters. The Labute approximate surface area is 168 Å². The number of nitrogens with zero attached hydrogens (tertiary/aromatic N) is 3. The molecule has 1 aliphatic rings. The van der Waals surface area contributed by atoms with Crippen LogP contribution in [-0.2, 0) is 11.2 Å². The number of aryl methyl sites for hydroxylation is 2. The molecule has 1 amide bonds. The third kappa shape index (κ3) is 4.17. The number of aliphatic imine (C=N–C) groups is 1. The smallest absolute Gasteiger partial charge is 0.229 e. The highest BCUT2D eigenvalue weighted by Gasteiger charge is 2.26. The van der Waals surface area contributed by atoms with Crippen molar-refractivity contribution in [3.63, 3.8) is 0 Å². The molecule has 0 N–H and O–H groups in total. The number of amidine groups is 1. The molecule has 6 heteroatoms. The van der Waals surface area contributed by atoms with Crippen molar-refractivity contribution in [3.05, 3.63) is 72.2 Å². The summed E-state index contributed by atoms with van der Waals surface area (Å²) < 4.78 is 5.80. The van der Waals surface area contributed by atoms with E-state index >= 15 is 0 Å². The van der Waals surface area contributed by atoms with Gasteiger partial charge in [-0.25, -0.2) is 9.98 Å². The lowest BCUT2D eigenvalue weighted by Crippen LogP contribution is -2.31. The zero-order valence-electron chi connectivity index (χ0n) is 15.7. The Bertz CT molecular complexity index is 998. The van der Waals surface area contributed by atoms with E-state index < -0.39 is 0 Å². The highest BCUT2D eigenvalue weighted by atomic mass is 32.2. The molecule has 0 saturated carbocycles. The monoisotopic (exact) mass is 391 g/mol. The lowest BCUT2D eigenvalue weighted by molar-refractivity contribution is -0.126. The predicted molar refractivity (Wildman–Crippen MR) is 113 cm³/mol. The molecule has 0 bridgehead atoms. The van der Waals surface area contributed by atoms with Crippen molar-refractivity contribution < 1.29 is 9.21 Å². The fourth-order valence-electron chi connectivity index (χ4n) is 3.03. The summed E-state index contributed by atoms with van der Waals surface area (Å²) in [6.45, 7) is 2.72. The minimum absolute atomic E-state index is 0.0526. The van der Waals surface area contributed by atoms with Crippen molar-refractivity contribution in [2.75, 3.05) is 12.3 Å². The summed E-state index contributed by atoms with van der Waals surface area (Å²) >= 11 is 1.62. The van der Waals surface area contributed by atoms with E-state index in [1.54, 1.807) is 22.9 Å². The summed E-state index contributed by atoms with van der Waals surface area (Å²) in [4.78, 5) is 23.5. The summed E-state index contributed by atoms with van der Waals surface area (Å²) in [6.07, 6.45) is 2.54. The van der Waals surface area contributed by atoms with Gasteiger partial charge in [-0.3, -0.25) is 9.69 Å². The van der Waals surface area contributed by atoms with Crippen LogP contribution in [0.15, 0.2) is 70.2 Å². The number of benzene rings is 2. The molecule has 0 unspecified atom stereocenters. The van der Waals surface area contributed by atoms with E-state index in [2.05, 4.69) is 4.98 Å². The first kappa shape index (κ1) is 18.5. The number of amides is 1. The van der Waals surface area contributed by atoms with E-state index in [0.29, 0.717) is 25.3 Å². The van der Waals surface area contributed by atoms with Gasteiger partial charge in [-0.2, -0.15) is 0 Å². The average molecular weight is 391 g/mol. The van der Waals surface area contributed by atoms with Crippen molar-refractivity contribution >= 4 is 28.5 Å². The Kier molecular flexibility index (Phi) is 5.58. The minimum atomic E-state index is 0.0526. The zero-order chi connectivity index (χ0) is 19.3. The fraction of sp³-hybridized carbons (Fsp3) is 0.227. The Morgan fingerprint density at radius 2 is 1.96 bits per heavy atom. The first-order valence-electron chi connectivity index (χ1n) is 9.28. The minimum Gasteiger partial charge on any atom is -0.441 e. The maximum Gasteiger partial charge on any atom is 0.229 e. The Balaban J connectivity index is 1.41. The second-order valence-electron chi connectivity index (χ2n) is 6.56. The number of thioether (sulfide) groups is 1. The summed E-state index contributed by atoms with van der Waals surface area (Å²) in [6, 6.07) is 17.8. The van der Waals surface area contributed by atoms with Gasteiger partial charge in [0.2, 0.25) is 5.91 Å². The topological polar surface area (TPSA) is 58.7 Å². The van der Waals surface area contributed by atoms with E-state index in [9.17, 15) is 4.79 Å². The van der Waals surface area contributed by atoms with Crippen LogP contribution in [0.3, 0.4) is 0 Å². The molecule has 1 fully saturated rings. The molecular weight excluding hydrogens is 370 g/mol. The maximum absolute atomic E-state index is 12.7. The summed E-state index contributed by atoms with van der Waals surface area (Å²) in [7, 11) is 0. The zero-order valence-corrected chi connectivity index (χ0v) is 16.5. The highest BCUT2D eigenvalue weighted by Crippen LogP contribution is 2.26. The SMILES string of the molecule is Cc1ccccc1N=C1SCCN1C(=O)CCc1ncc(-c2ccccc2)o1. The lowest BCUT2D eigenvalue weighted by Gasteiger charge is -2.15. The molecule has 2 aromatic carbocycles. The molecule has 5 nitrogen and oxygen atoms in total. The van der Waals surface area contributed by atoms with Gasteiger partial charge in [0.25, 0.3) is 0 Å². The molecule has 1 saturated heterocycles. The maximum atomic E-state index is 12.7. The molecule has 4 rings (SSSR count). The molecule has 142 valence electrons. The number of para-hydroxylation sites is 1. The second kappa shape index (κ2) is 8.44. The normalized spacial score (nSPS) is 15.3. The molecule has 3 aromatic rings. The first-order chi connectivity index (χ1) is 13.7. The standard InChI is InChI=1S/C22H21N3O2S/c1-16-7-5-6-10-18(16)24-22-25(13-14-28-22)21(26)12-11-20-23-15-19(27-20)17-8-3-2-4-9-17/h2-10,15H,11-14H2,1H3. The van der Waals surface area contributed by atoms with Crippen LogP contribution in [0, 0.1) is 6.92 Å². The lowest BCUT2D eigenvalue weighted by atomic mass is 10.2. The third-order valence-corrected chi connectivity index (χ3v) is 5.53. The van der Waals surface area contributed by atoms with Gasteiger partial charge in [-0.1, -0.05) is 60.3 Å². The van der Waals surface area contributed by atoms with E-state index in [-0.39, 0.29) is 5.91 Å². The number of hydrogen-bond acceptors (Lipinski definition) is 5. The van der Waals surface area contributed by atoms with E-state index in [1.807, 2.05) is 61.5 Å². The number of aromatic nitrogens is 1. The Hall–Kier alpha value is -2.86. The van der Waals surface area contributed by atoms with Crippen molar-refractivity contribution in [2.24, 2.45) is 4.99 Å². The quantitative estimate of drug-likeness (QED) is 0.624. The summed E-state index contributed by atoms with van der Waals surface area (Å²) in [5.74, 6) is 2.22. The predicted octanol–water partition coefficient (Wildman–Crippen LogP) is 4.85. The first-order valence-corrected chi connectivity index (χ1v) is 10.3. The largest absolute Gasteiger partial charge is 0.441 e. The van der Waals surface area contributed by atoms with Crippen molar-refractivity contribution in [1.82, 2.24) is 9.88 Å². The van der Waals surface area contributed by atoms with Crippen LogP contribution < -0.4 is 0 Å². The van der Waals surface area contributed by atoms with Crippen molar-refractivity contribution in [3.8, 4) is 11.3 Å². The third-order valence-electron chi connectivity index (χ3n) is 4.57. The van der Waals surface area contributed by atoms with Crippen LogP contribution in [-0.4, -0.2) is 33.3 Å². The number of rotatable bonds is 5. The fourth-order valence-corrected chi connectivity index (χ4v) is 4.00. The van der Waals surface area contributed by atoms with Crippen molar-refractivity contribution in [2.45, 2.75) is 19.8 Å². The molecular formula is C22H21N3O2S. The van der Waals surface area contributed by atoms with Gasteiger partial charge < -0.3 is 4.42 Å². The van der Waals surface area contributed by atoms with Crippen LogP contribution in [0.2, 0.25) is 0 Å². The number of hydrogen-bond donors (Lipinski definition) is 0. The molecule has 28 heavy (non-hydrogen) atoms. The van der Waals surface area contributed by atoms with Gasteiger partial charge in [0, 0.05) is 30.7 Å². The van der Waals surface area contributed by atoms with E-state index in [0.717, 1.165) is 33.5 Å². The molecule has 1 aliphatic heterocycles. The molecule has 0 radical (unpaired) electrons.